The van der Waals surface area contributed by atoms with Crippen molar-refractivity contribution in [2.45, 2.75) is 0 Å². The van der Waals surface area contributed by atoms with Crippen molar-refractivity contribution in [3.63, 3.8) is 0 Å². The maximum Gasteiger partial charge on any atom is 0.180 e. The van der Waals surface area contributed by atoms with Crippen LogP contribution in [0.5, 0.6) is 0 Å². The van der Waals surface area contributed by atoms with Crippen LogP contribution in [0.3, 0.4) is 0 Å². The molecule has 238 valence electrons. The smallest absolute Gasteiger partial charge is 0.180 e. The summed E-state index contributed by atoms with van der Waals surface area (Å²) in [5.41, 5.74) is 12.3. The minimum Gasteiger partial charge on any atom is -0.456 e. The zero-order chi connectivity index (χ0) is 33.5. The van der Waals surface area contributed by atoms with Crippen LogP contribution >= 0.6 is 0 Å². The van der Waals surface area contributed by atoms with E-state index in [1.54, 1.807) is 0 Å². The van der Waals surface area contributed by atoms with Gasteiger partial charge in [0, 0.05) is 43.7 Å². The molecule has 0 spiro atoms. The molecule has 5 heteroatoms. The van der Waals surface area contributed by atoms with Crippen molar-refractivity contribution < 1.29 is 8.83 Å². The van der Waals surface area contributed by atoms with Crippen molar-refractivity contribution in [3.05, 3.63) is 164 Å². The number of nitrogens with zero attached hydrogens (tertiary/aromatic N) is 3. The molecule has 4 heterocycles. The first-order valence-electron chi connectivity index (χ1n) is 17.1. The summed E-state index contributed by atoms with van der Waals surface area (Å²) in [5, 5.41) is 5.41. The van der Waals surface area contributed by atoms with E-state index in [9.17, 15) is 0 Å². The number of para-hydroxylation sites is 3. The van der Waals surface area contributed by atoms with Crippen LogP contribution < -0.4 is 0 Å². The number of rotatable bonds is 4. The highest BCUT2D eigenvalue weighted by molar-refractivity contribution is 6.15. The monoisotopic (exact) mass is 653 g/mol. The van der Waals surface area contributed by atoms with Crippen LogP contribution in [0.4, 0.5) is 0 Å². The molecule has 0 aliphatic heterocycles. The van der Waals surface area contributed by atoms with Crippen LogP contribution in [0, 0.1) is 0 Å². The van der Waals surface area contributed by atoms with Gasteiger partial charge in [0.25, 0.3) is 0 Å². The second-order valence-electron chi connectivity index (χ2n) is 12.9. The van der Waals surface area contributed by atoms with Gasteiger partial charge in [0.15, 0.2) is 11.4 Å². The molecule has 0 fully saturated rings. The van der Waals surface area contributed by atoms with Crippen molar-refractivity contribution >= 4 is 65.8 Å². The summed E-state index contributed by atoms with van der Waals surface area (Å²) < 4.78 is 15.2. The molecule has 0 aliphatic carbocycles. The van der Waals surface area contributed by atoms with Crippen LogP contribution in [0.2, 0.25) is 0 Å². The van der Waals surface area contributed by atoms with Gasteiger partial charge in [-0.3, -0.25) is 0 Å². The van der Waals surface area contributed by atoms with Gasteiger partial charge in [-0.15, -0.1) is 0 Å². The first kappa shape index (κ1) is 27.9. The van der Waals surface area contributed by atoms with E-state index in [4.69, 9.17) is 18.8 Å². The van der Waals surface area contributed by atoms with Crippen molar-refractivity contribution in [2.24, 2.45) is 0 Å². The van der Waals surface area contributed by atoms with Gasteiger partial charge < -0.3 is 13.4 Å². The van der Waals surface area contributed by atoms with E-state index in [1.807, 2.05) is 48.5 Å². The second kappa shape index (κ2) is 10.8. The van der Waals surface area contributed by atoms with E-state index in [2.05, 4.69) is 120 Å². The Morgan fingerprint density at radius 1 is 0.431 bits per heavy atom. The molecule has 4 aromatic heterocycles. The number of hydrogen-bond donors (Lipinski definition) is 0. The highest BCUT2D eigenvalue weighted by Gasteiger charge is 2.21. The Morgan fingerprint density at radius 2 is 1.10 bits per heavy atom. The van der Waals surface area contributed by atoms with Gasteiger partial charge in [-0.1, -0.05) is 103 Å². The van der Waals surface area contributed by atoms with E-state index in [-0.39, 0.29) is 0 Å². The summed E-state index contributed by atoms with van der Waals surface area (Å²) in [6.45, 7) is 0. The topological polar surface area (TPSA) is 57.0 Å². The van der Waals surface area contributed by atoms with Gasteiger partial charge in [-0.2, -0.15) is 0 Å². The molecule has 0 saturated heterocycles. The molecule has 0 bridgehead atoms. The van der Waals surface area contributed by atoms with Crippen LogP contribution in [-0.4, -0.2) is 14.5 Å². The predicted octanol–water partition coefficient (Wildman–Crippen LogP) is 12.4. The molecule has 11 rings (SSSR count). The molecule has 11 aromatic rings. The third-order valence-electron chi connectivity index (χ3n) is 10.0. The summed E-state index contributed by atoms with van der Waals surface area (Å²) in [4.78, 5) is 10.4. The summed E-state index contributed by atoms with van der Waals surface area (Å²) in [7, 11) is 0. The lowest BCUT2D eigenvalue weighted by Crippen LogP contribution is -1.94. The Balaban J connectivity index is 1.13. The molecule has 5 nitrogen and oxygen atoms in total. The fourth-order valence-corrected chi connectivity index (χ4v) is 7.70. The van der Waals surface area contributed by atoms with Crippen LogP contribution in [-0.2, 0) is 0 Å². The lowest BCUT2D eigenvalue weighted by Gasteiger charge is -2.08. The Morgan fingerprint density at radius 3 is 1.96 bits per heavy atom. The number of hydrogen-bond acceptors (Lipinski definition) is 4. The van der Waals surface area contributed by atoms with Crippen LogP contribution in [0.15, 0.2) is 173 Å². The molecule has 7 aromatic carbocycles. The van der Waals surface area contributed by atoms with Crippen LogP contribution in [0.25, 0.3) is 105 Å². The zero-order valence-electron chi connectivity index (χ0n) is 27.2. The molecule has 0 N–H and O–H groups in total. The van der Waals surface area contributed by atoms with Gasteiger partial charge in [-0.25, -0.2) is 9.97 Å². The number of fused-ring (bicyclic) bond motifs is 9. The molecular weight excluding hydrogens is 627 g/mol. The SMILES string of the molecule is c1ccc(-c2nc(-c3cccc4oc5ccc(-c6ccc7c(c6)c6ccccc6n7-c6ccccc6)cc5c34)nc3c2oc2ccccc23)cc1. The summed E-state index contributed by atoms with van der Waals surface area (Å²) >= 11 is 0. The van der Waals surface area contributed by atoms with E-state index in [0.29, 0.717) is 11.4 Å². The van der Waals surface area contributed by atoms with Crippen molar-refractivity contribution in [2.75, 3.05) is 0 Å². The average molecular weight is 654 g/mol. The lowest BCUT2D eigenvalue weighted by molar-refractivity contribution is 0.667. The minimum absolute atomic E-state index is 0.627. The zero-order valence-corrected chi connectivity index (χ0v) is 27.2. The predicted molar refractivity (Wildman–Crippen MR) is 207 cm³/mol. The van der Waals surface area contributed by atoms with Gasteiger partial charge in [0.1, 0.15) is 28.0 Å². The lowest BCUT2D eigenvalue weighted by atomic mass is 9.99. The van der Waals surface area contributed by atoms with Crippen molar-refractivity contribution in [1.82, 2.24) is 14.5 Å². The average Bonchev–Trinajstić information content (AvgIpc) is 3.87. The standard InChI is InChI=1S/C46H27N3O2/c1-3-12-28(13-4-1)43-45-44(33-17-8-10-20-39(33)51-45)48-46(47-43)34-18-11-21-41-42(34)36-27-30(23-25-40(36)50-41)29-22-24-38-35(26-29)32-16-7-9-19-37(32)49(38)31-14-5-2-6-15-31/h1-27H. The molecule has 0 aliphatic rings. The van der Waals surface area contributed by atoms with Gasteiger partial charge >= 0.3 is 0 Å². The van der Waals surface area contributed by atoms with Crippen molar-refractivity contribution in [3.8, 4) is 39.5 Å². The number of aromatic nitrogens is 3. The number of benzene rings is 7. The molecule has 0 saturated carbocycles. The fraction of sp³-hybridized carbons (Fsp3) is 0. The molecule has 0 amide bonds. The largest absolute Gasteiger partial charge is 0.456 e. The first-order valence-corrected chi connectivity index (χ1v) is 17.1. The van der Waals surface area contributed by atoms with E-state index in [1.165, 1.54) is 21.8 Å². The molecule has 0 radical (unpaired) electrons. The molecule has 51 heavy (non-hydrogen) atoms. The maximum atomic E-state index is 6.47. The fourth-order valence-electron chi connectivity index (χ4n) is 7.70. The van der Waals surface area contributed by atoms with E-state index in [0.717, 1.165) is 72.1 Å². The summed E-state index contributed by atoms with van der Waals surface area (Å²) in [5.74, 6) is 0.627. The first-order chi connectivity index (χ1) is 25.3. The van der Waals surface area contributed by atoms with Crippen molar-refractivity contribution in [1.29, 1.82) is 0 Å². The van der Waals surface area contributed by atoms with Crippen LogP contribution in [0.1, 0.15) is 0 Å². The van der Waals surface area contributed by atoms with Gasteiger partial charge in [0.2, 0.25) is 0 Å². The highest BCUT2D eigenvalue weighted by atomic mass is 16.3. The third kappa shape index (κ3) is 4.22. The van der Waals surface area contributed by atoms with Gasteiger partial charge in [-0.05, 0) is 71.8 Å². The van der Waals surface area contributed by atoms with Gasteiger partial charge in [0.05, 0.1) is 11.0 Å². The Labute approximate surface area is 291 Å². The van der Waals surface area contributed by atoms with E-state index < -0.39 is 0 Å². The molecule has 0 unspecified atom stereocenters. The second-order valence-corrected chi connectivity index (χ2v) is 12.9. The third-order valence-corrected chi connectivity index (χ3v) is 10.0. The molecular formula is C46H27N3O2. The normalized spacial score (nSPS) is 11.9. The summed E-state index contributed by atoms with van der Waals surface area (Å²) in [6.07, 6.45) is 0. The van der Waals surface area contributed by atoms with E-state index >= 15 is 0 Å². The molecule has 0 atom stereocenters. The Hall–Kier alpha value is -6.98. The Kier molecular flexibility index (Phi) is 5.89. The minimum atomic E-state index is 0.627. The maximum absolute atomic E-state index is 6.47. The number of furan rings is 2. The Bertz CT molecular complexity index is 3130. The summed E-state index contributed by atoms with van der Waals surface area (Å²) in [6, 6.07) is 56.8. The highest BCUT2D eigenvalue weighted by Crippen LogP contribution is 2.41. The quantitative estimate of drug-likeness (QED) is 0.190.